The molecular formula is C19H19NO4S. The molecule has 6 heteroatoms. The van der Waals surface area contributed by atoms with Crippen molar-refractivity contribution >= 4 is 29.0 Å². The molecule has 0 saturated carbocycles. The number of allylic oxidation sites excluding steroid dienone is 1. The molecule has 5 nitrogen and oxygen atoms in total. The smallest absolute Gasteiger partial charge is 0.337 e. The Hall–Kier alpha value is -2.31. The summed E-state index contributed by atoms with van der Waals surface area (Å²) in [5.74, 6) is -1.25. The highest BCUT2D eigenvalue weighted by molar-refractivity contribution is 7.94. The zero-order valence-corrected chi connectivity index (χ0v) is 14.9. The minimum Gasteiger partial charge on any atom is -0.612 e. The van der Waals surface area contributed by atoms with Gasteiger partial charge in [-0.2, -0.15) is 0 Å². The number of rotatable bonds is 6. The van der Waals surface area contributed by atoms with E-state index in [4.69, 9.17) is 0 Å². The molecule has 0 radical (unpaired) electrons. The topological polar surface area (TPSA) is 82.4 Å². The third-order valence-corrected chi connectivity index (χ3v) is 5.38. The lowest BCUT2D eigenvalue weighted by Crippen LogP contribution is -2.22. The third kappa shape index (κ3) is 3.15. The van der Waals surface area contributed by atoms with E-state index in [2.05, 4.69) is 6.92 Å². The second-order valence-electron chi connectivity index (χ2n) is 6.04. The van der Waals surface area contributed by atoms with Crippen LogP contribution in [0.1, 0.15) is 51.4 Å². The molecule has 2 aromatic rings. The van der Waals surface area contributed by atoms with Crippen molar-refractivity contribution in [3.8, 4) is 0 Å². The Bertz CT molecular complexity index is 849. The van der Waals surface area contributed by atoms with Crippen molar-refractivity contribution in [2.24, 2.45) is 0 Å². The molecular weight excluding hydrogens is 338 g/mol. The predicted octanol–water partition coefficient (Wildman–Crippen LogP) is 3.30. The summed E-state index contributed by atoms with van der Waals surface area (Å²) in [7, 11) is 0. The summed E-state index contributed by atoms with van der Waals surface area (Å²) in [5, 5.41) is 9.28. The van der Waals surface area contributed by atoms with Crippen molar-refractivity contribution in [3.63, 3.8) is 0 Å². The summed E-state index contributed by atoms with van der Waals surface area (Å²) >= 11 is -1.37. The van der Waals surface area contributed by atoms with Gasteiger partial charge in [-0.15, -0.1) is 0 Å². The molecule has 0 aliphatic carbocycles. The first-order valence-electron chi connectivity index (χ1n) is 8.06. The maximum Gasteiger partial charge on any atom is 0.337 e. The molecule has 0 spiro atoms. The van der Waals surface area contributed by atoms with Crippen molar-refractivity contribution in [2.45, 2.75) is 25.8 Å². The van der Waals surface area contributed by atoms with Crippen LogP contribution in [0.5, 0.6) is 0 Å². The van der Waals surface area contributed by atoms with Gasteiger partial charge in [0.1, 0.15) is 6.26 Å². The number of hydrogen-bond acceptors (Lipinski definition) is 3. The van der Waals surface area contributed by atoms with Crippen LogP contribution in [-0.2, 0) is 17.6 Å². The number of Topliss-reactive ketones (excluding diaryl/α,β-unsaturated/α-hetero) is 1. The molecule has 2 unspecified atom stereocenters. The normalized spacial score (nSPS) is 17.1. The molecule has 3 rings (SSSR count). The monoisotopic (exact) mass is 357 g/mol. The summed E-state index contributed by atoms with van der Waals surface area (Å²) in [5.41, 5.74) is 2.21. The van der Waals surface area contributed by atoms with E-state index in [0.29, 0.717) is 16.2 Å². The standard InChI is InChI=1S/C19H19NO4S/c1-3-4-12-5-7-13(8-6-12)18(21)17-16(25(2)24)11-15-14(19(22)23)9-10-20(15)17/h5-11,17H,3-4H2,1-2H3,(H,22,23). The quantitative estimate of drug-likeness (QED) is 0.635. The number of benzene rings is 1. The number of aromatic nitrogens is 1. The molecule has 25 heavy (non-hydrogen) atoms. The first-order valence-corrected chi connectivity index (χ1v) is 9.62. The highest BCUT2D eigenvalue weighted by atomic mass is 32.2. The van der Waals surface area contributed by atoms with Crippen molar-refractivity contribution in [1.82, 2.24) is 4.57 Å². The second kappa shape index (κ2) is 6.90. The maximum atomic E-state index is 13.0. The van der Waals surface area contributed by atoms with Crippen LogP contribution >= 0.6 is 0 Å². The molecule has 2 atom stereocenters. The number of carboxylic acid groups (broad SMARTS) is 1. The third-order valence-electron chi connectivity index (χ3n) is 4.37. The summed E-state index contributed by atoms with van der Waals surface area (Å²) in [6, 6.07) is 8.13. The molecule has 0 amide bonds. The highest BCUT2D eigenvalue weighted by Crippen LogP contribution is 2.37. The van der Waals surface area contributed by atoms with Gasteiger partial charge in [0.25, 0.3) is 0 Å². The first-order chi connectivity index (χ1) is 11.9. The number of carbonyl (C=O) groups excluding carboxylic acids is 1. The lowest BCUT2D eigenvalue weighted by atomic mass is 10.0. The van der Waals surface area contributed by atoms with Gasteiger partial charge in [0.15, 0.2) is 16.7 Å². The van der Waals surface area contributed by atoms with Gasteiger partial charge >= 0.3 is 5.97 Å². The number of carbonyl (C=O) groups is 2. The lowest BCUT2D eigenvalue weighted by molar-refractivity contribution is 0.0696. The van der Waals surface area contributed by atoms with Crippen molar-refractivity contribution in [2.75, 3.05) is 6.26 Å². The minimum atomic E-state index is -1.37. The minimum absolute atomic E-state index is 0.108. The van der Waals surface area contributed by atoms with Gasteiger partial charge in [-0.1, -0.05) is 37.6 Å². The summed E-state index contributed by atoms with van der Waals surface area (Å²) < 4.78 is 13.7. The SMILES string of the molecule is CCCc1ccc(C(=O)C2C([S+](C)[O-])=Cc3c(C(=O)O)ccn32)cc1. The maximum absolute atomic E-state index is 13.0. The van der Waals surface area contributed by atoms with Crippen LogP contribution in [0.4, 0.5) is 0 Å². The molecule has 1 aromatic carbocycles. The number of carboxylic acids is 1. The summed E-state index contributed by atoms with van der Waals surface area (Å²) in [6.45, 7) is 2.10. The molecule has 0 fully saturated rings. The molecule has 0 bridgehead atoms. The molecule has 1 aliphatic heterocycles. The summed E-state index contributed by atoms with van der Waals surface area (Å²) in [6.07, 6.45) is 6.62. The molecule has 0 saturated heterocycles. The van der Waals surface area contributed by atoms with E-state index in [1.54, 1.807) is 29.0 Å². The fourth-order valence-electron chi connectivity index (χ4n) is 3.15. The van der Waals surface area contributed by atoms with E-state index >= 15 is 0 Å². The van der Waals surface area contributed by atoms with Crippen molar-refractivity contribution in [1.29, 1.82) is 0 Å². The fourth-order valence-corrected chi connectivity index (χ4v) is 3.96. The Kier molecular flexibility index (Phi) is 4.83. The number of hydrogen-bond donors (Lipinski definition) is 1. The van der Waals surface area contributed by atoms with E-state index in [0.717, 1.165) is 18.4 Å². The largest absolute Gasteiger partial charge is 0.612 e. The number of aryl methyl sites for hydroxylation is 1. The van der Waals surface area contributed by atoms with Gasteiger partial charge in [-0.05, 0) is 29.2 Å². The first kappa shape index (κ1) is 17.5. The zero-order chi connectivity index (χ0) is 18.1. The fraction of sp³-hybridized carbons (Fsp3) is 0.263. The van der Waals surface area contributed by atoms with Crippen LogP contribution in [0.25, 0.3) is 6.08 Å². The number of ketones is 1. The van der Waals surface area contributed by atoms with Crippen molar-refractivity contribution in [3.05, 3.63) is 63.8 Å². The van der Waals surface area contributed by atoms with E-state index in [9.17, 15) is 19.2 Å². The number of fused-ring (bicyclic) bond motifs is 1. The van der Waals surface area contributed by atoms with E-state index in [-0.39, 0.29) is 11.3 Å². The number of nitrogens with zero attached hydrogens (tertiary/aromatic N) is 1. The van der Waals surface area contributed by atoms with Gasteiger partial charge in [0.05, 0.1) is 11.3 Å². The Labute approximate surface area is 149 Å². The Morgan fingerprint density at radius 2 is 1.92 bits per heavy atom. The average molecular weight is 357 g/mol. The predicted molar refractivity (Wildman–Crippen MR) is 97.2 cm³/mol. The Balaban J connectivity index is 1.99. The van der Waals surface area contributed by atoms with Crippen LogP contribution in [0.2, 0.25) is 0 Å². The molecule has 1 N–H and O–H groups in total. The van der Waals surface area contributed by atoms with Gasteiger partial charge in [-0.3, -0.25) is 4.79 Å². The molecule has 1 aliphatic rings. The van der Waals surface area contributed by atoms with E-state index < -0.39 is 23.2 Å². The average Bonchev–Trinajstić information content (AvgIpc) is 3.13. The molecule has 1 aromatic heterocycles. The van der Waals surface area contributed by atoms with Gasteiger partial charge in [0.2, 0.25) is 0 Å². The van der Waals surface area contributed by atoms with E-state index in [1.165, 1.54) is 12.3 Å². The summed E-state index contributed by atoms with van der Waals surface area (Å²) in [4.78, 5) is 24.8. The van der Waals surface area contributed by atoms with Crippen molar-refractivity contribution < 1.29 is 19.2 Å². The van der Waals surface area contributed by atoms with E-state index in [1.807, 2.05) is 12.1 Å². The van der Waals surface area contributed by atoms with Gasteiger partial charge in [-0.25, -0.2) is 4.79 Å². The van der Waals surface area contributed by atoms with Gasteiger partial charge in [0, 0.05) is 17.8 Å². The highest BCUT2D eigenvalue weighted by Gasteiger charge is 2.39. The lowest BCUT2D eigenvalue weighted by Gasteiger charge is -2.17. The molecule has 130 valence electrons. The Morgan fingerprint density at radius 1 is 1.24 bits per heavy atom. The van der Waals surface area contributed by atoms with Gasteiger partial charge < -0.3 is 14.2 Å². The Morgan fingerprint density at radius 3 is 2.48 bits per heavy atom. The molecule has 2 heterocycles. The van der Waals surface area contributed by atoms with Crippen LogP contribution in [0, 0.1) is 0 Å². The number of aromatic carboxylic acids is 1. The van der Waals surface area contributed by atoms with Crippen LogP contribution in [0.15, 0.2) is 41.4 Å². The second-order valence-corrected chi connectivity index (χ2v) is 7.42. The van der Waals surface area contributed by atoms with Crippen LogP contribution in [0.3, 0.4) is 0 Å². The zero-order valence-electron chi connectivity index (χ0n) is 14.1. The van der Waals surface area contributed by atoms with Crippen LogP contribution in [-0.4, -0.2) is 32.2 Å². The van der Waals surface area contributed by atoms with Crippen LogP contribution < -0.4 is 0 Å².